The van der Waals surface area contributed by atoms with E-state index in [1.807, 2.05) is 4.72 Å². The van der Waals surface area contributed by atoms with E-state index < -0.39 is 27.1 Å². The molecular formula is C13H16N2O5S. The molecule has 0 spiro atoms. The van der Waals surface area contributed by atoms with Crippen LogP contribution >= 0.6 is 0 Å². The van der Waals surface area contributed by atoms with Gasteiger partial charge in [-0.15, -0.1) is 0 Å². The number of amides is 2. The Balaban J connectivity index is 1.72. The second-order valence-corrected chi connectivity index (χ2v) is 7.62. The summed E-state index contributed by atoms with van der Waals surface area (Å²) in [6.07, 6.45) is 3.51. The van der Waals surface area contributed by atoms with Crippen molar-refractivity contribution < 1.29 is 22.4 Å². The van der Waals surface area contributed by atoms with Crippen molar-refractivity contribution in [3.63, 3.8) is 0 Å². The lowest BCUT2D eigenvalue weighted by molar-refractivity contribution is 0.0938. The summed E-state index contributed by atoms with van der Waals surface area (Å²) in [5.74, 6) is -1.52. The highest BCUT2D eigenvalue weighted by molar-refractivity contribution is 7.90. The van der Waals surface area contributed by atoms with E-state index in [0.29, 0.717) is 12.3 Å². The third-order valence-corrected chi connectivity index (χ3v) is 6.22. The van der Waals surface area contributed by atoms with Crippen LogP contribution < -0.4 is 10.5 Å². The molecule has 21 heavy (non-hydrogen) atoms. The van der Waals surface area contributed by atoms with E-state index >= 15 is 0 Å². The van der Waals surface area contributed by atoms with E-state index in [1.54, 1.807) is 0 Å². The quantitative estimate of drug-likeness (QED) is 0.845. The highest BCUT2D eigenvalue weighted by atomic mass is 32.2. The van der Waals surface area contributed by atoms with Crippen LogP contribution in [0.15, 0.2) is 16.5 Å². The van der Waals surface area contributed by atoms with Gasteiger partial charge < -0.3 is 10.2 Å². The lowest BCUT2D eigenvalue weighted by Gasteiger charge is -2.21. The first kappa shape index (κ1) is 14.1. The number of hydrogen-bond donors (Lipinski definition) is 2. The Labute approximate surface area is 121 Å². The first-order chi connectivity index (χ1) is 9.87. The molecule has 2 saturated carbocycles. The van der Waals surface area contributed by atoms with Crippen LogP contribution in [0.25, 0.3) is 0 Å². The zero-order valence-corrected chi connectivity index (χ0v) is 12.1. The summed E-state index contributed by atoms with van der Waals surface area (Å²) in [7, 11) is -3.72. The van der Waals surface area contributed by atoms with Gasteiger partial charge in [-0.2, -0.15) is 0 Å². The van der Waals surface area contributed by atoms with Crippen molar-refractivity contribution in [1.29, 1.82) is 0 Å². The van der Waals surface area contributed by atoms with Gasteiger partial charge in [0.05, 0.1) is 5.25 Å². The van der Waals surface area contributed by atoms with Crippen LogP contribution in [0.4, 0.5) is 0 Å². The van der Waals surface area contributed by atoms with Crippen molar-refractivity contribution in [2.45, 2.75) is 30.9 Å². The number of nitrogens with two attached hydrogens (primary N) is 1. The molecule has 2 bridgehead atoms. The third kappa shape index (κ3) is 2.55. The Morgan fingerprint density at radius 1 is 1.19 bits per heavy atom. The number of primary amides is 1. The summed E-state index contributed by atoms with van der Waals surface area (Å²) < 4.78 is 31.5. The summed E-state index contributed by atoms with van der Waals surface area (Å²) >= 11 is 0. The summed E-state index contributed by atoms with van der Waals surface area (Å²) in [5, 5.41) is -0.509. The zero-order valence-electron chi connectivity index (χ0n) is 11.2. The van der Waals surface area contributed by atoms with E-state index in [-0.39, 0.29) is 17.4 Å². The summed E-state index contributed by atoms with van der Waals surface area (Å²) in [5.41, 5.74) is 5.01. The topological polar surface area (TPSA) is 119 Å². The molecule has 2 amide bonds. The molecule has 0 radical (unpaired) electrons. The molecular weight excluding hydrogens is 296 g/mol. The fraction of sp³-hybridized carbons (Fsp3) is 0.538. The lowest BCUT2D eigenvalue weighted by Crippen LogP contribution is -2.40. The second kappa shape index (κ2) is 4.87. The maximum Gasteiger partial charge on any atom is 0.300 e. The largest absolute Gasteiger partial charge is 0.446 e. The van der Waals surface area contributed by atoms with E-state index in [1.165, 1.54) is 12.1 Å². The molecule has 3 N–H and O–H groups in total. The van der Waals surface area contributed by atoms with Crippen molar-refractivity contribution in [3.8, 4) is 0 Å². The number of sulfonamides is 1. The monoisotopic (exact) mass is 312 g/mol. The summed E-state index contributed by atoms with van der Waals surface area (Å²) in [4.78, 5) is 22.8. The summed E-state index contributed by atoms with van der Waals surface area (Å²) in [6, 6.07) is 2.47. The molecule has 1 heterocycles. The Hall–Kier alpha value is -1.83. The SMILES string of the molecule is NC(=O)c1ccc(C(=O)NS(=O)(=O)C2C[C@@H]3CC[C@H]2C3)o1. The molecule has 7 nitrogen and oxygen atoms in total. The molecule has 0 aliphatic heterocycles. The highest BCUT2D eigenvalue weighted by Gasteiger charge is 2.46. The lowest BCUT2D eigenvalue weighted by atomic mass is 10.0. The van der Waals surface area contributed by atoms with E-state index in [9.17, 15) is 18.0 Å². The standard InChI is InChI=1S/C13H16N2O5S/c14-12(16)9-3-4-10(20-9)13(17)15-21(18,19)11-6-7-1-2-8(11)5-7/h3-4,7-8,11H,1-2,5-6H2,(H2,14,16)(H,15,17)/t7-,8+,11?/m1/s1. The Morgan fingerprint density at radius 3 is 2.43 bits per heavy atom. The van der Waals surface area contributed by atoms with E-state index in [4.69, 9.17) is 10.2 Å². The molecule has 3 atom stereocenters. The zero-order chi connectivity index (χ0) is 15.2. The number of nitrogens with one attached hydrogen (secondary N) is 1. The van der Waals surface area contributed by atoms with Crippen molar-refractivity contribution >= 4 is 21.8 Å². The number of carbonyl (C=O) groups excluding carboxylic acids is 2. The van der Waals surface area contributed by atoms with Gasteiger partial charge in [0.2, 0.25) is 10.0 Å². The number of furan rings is 1. The number of rotatable bonds is 4. The van der Waals surface area contributed by atoms with Crippen molar-refractivity contribution in [3.05, 3.63) is 23.7 Å². The van der Waals surface area contributed by atoms with Crippen LogP contribution in [-0.4, -0.2) is 25.5 Å². The van der Waals surface area contributed by atoms with Gasteiger partial charge in [0.1, 0.15) is 0 Å². The minimum Gasteiger partial charge on any atom is -0.446 e. The number of carbonyl (C=O) groups is 2. The van der Waals surface area contributed by atoms with Gasteiger partial charge in [-0.3, -0.25) is 9.59 Å². The van der Waals surface area contributed by atoms with Crippen molar-refractivity contribution in [2.75, 3.05) is 0 Å². The molecule has 114 valence electrons. The Kier molecular flexibility index (Phi) is 3.27. The maximum absolute atomic E-state index is 12.3. The highest BCUT2D eigenvalue weighted by Crippen LogP contribution is 2.47. The average Bonchev–Trinajstić information content (AvgIpc) is 3.14. The molecule has 8 heteroatoms. The molecule has 1 aromatic rings. The van der Waals surface area contributed by atoms with Gasteiger partial charge in [-0.05, 0) is 43.2 Å². The van der Waals surface area contributed by atoms with Crippen LogP contribution in [0.1, 0.15) is 46.8 Å². The van der Waals surface area contributed by atoms with E-state index in [0.717, 1.165) is 19.3 Å². The van der Waals surface area contributed by atoms with Crippen LogP contribution in [0, 0.1) is 11.8 Å². The fourth-order valence-electron chi connectivity index (χ4n) is 3.41. The Bertz CT molecular complexity index is 693. The third-order valence-electron chi connectivity index (χ3n) is 4.38. The first-order valence-corrected chi connectivity index (χ1v) is 8.37. The van der Waals surface area contributed by atoms with Crippen LogP contribution in [0.2, 0.25) is 0 Å². The van der Waals surface area contributed by atoms with Gasteiger partial charge in [0.15, 0.2) is 11.5 Å². The van der Waals surface area contributed by atoms with Gasteiger partial charge in [0, 0.05) is 0 Å². The van der Waals surface area contributed by atoms with E-state index in [2.05, 4.69) is 0 Å². The summed E-state index contributed by atoms with van der Waals surface area (Å²) in [6.45, 7) is 0. The molecule has 0 saturated heterocycles. The van der Waals surface area contributed by atoms with Crippen LogP contribution in [-0.2, 0) is 10.0 Å². The molecule has 2 aliphatic rings. The molecule has 0 aromatic carbocycles. The minimum atomic E-state index is -3.72. The maximum atomic E-state index is 12.3. The Morgan fingerprint density at radius 2 is 1.90 bits per heavy atom. The molecule has 3 rings (SSSR count). The molecule has 2 aliphatic carbocycles. The first-order valence-electron chi connectivity index (χ1n) is 6.82. The van der Waals surface area contributed by atoms with Gasteiger partial charge in [-0.25, -0.2) is 13.1 Å². The molecule has 1 aromatic heterocycles. The van der Waals surface area contributed by atoms with Crippen LogP contribution in [0.3, 0.4) is 0 Å². The second-order valence-electron chi connectivity index (χ2n) is 5.72. The minimum absolute atomic E-state index is 0.137. The number of hydrogen-bond acceptors (Lipinski definition) is 5. The average molecular weight is 312 g/mol. The molecule has 1 unspecified atom stereocenters. The fourth-order valence-corrected chi connectivity index (χ4v) is 5.20. The predicted octanol–water partition coefficient (Wildman–Crippen LogP) is 0.627. The normalized spacial score (nSPS) is 27.7. The number of fused-ring (bicyclic) bond motifs is 2. The smallest absolute Gasteiger partial charge is 0.300 e. The predicted molar refractivity (Wildman–Crippen MR) is 72.8 cm³/mol. The molecule has 2 fully saturated rings. The van der Waals surface area contributed by atoms with Gasteiger partial charge in [-0.1, -0.05) is 6.42 Å². The van der Waals surface area contributed by atoms with Gasteiger partial charge in [0.25, 0.3) is 11.8 Å². The van der Waals surface area contributed by atoms with Crippen molar-refractivity contribution in [2.24, 2.45) is 17.6 Å². The van der Waals surface area contributed by atoms with Crippen molar-refractivity contribution in [1.82, 2.24) is 4.72 Å². The van der Waals surface area contributed by atoms with Gasteiger partial charge >= 0.3 is 0 Å². The van der Waals surface area contributed by atoms with Crippen LogP contribution in [0.5, 0.6) is 0 Å².